The molecule has 0 radical (unpaired) electrons. The third-order valence-electron chi connectivity index (χ3n) is 11.0. The van der Waals surface area contributed by atoms with Crippen molar-refractivity contribution in [2.24, 2.45) is 0 Å². The number of benzene rings is 9. The Morgan fingerprint density at radius 3 is 1.53 bits per heavy atom. The highest BCUT2D eigenvalue weighted by Crippen LogP contribution is 2.50. The lowest BCUT2D eigenvalue weighted by atomic mass is 9.97. The fraction of sp³-hybridized carbons (Fsp3) is 0. The number of para-hydroxylation sites is 3. The van der Waals surface area contributed by atoms with E-state index < -0.39 is 0 Å². The van der Waals surface area contributed by atoms with Gasteiger partial charge in [-0.1, -0.05) is 133 Å². The highest BCUT2D eigenvalue weighted by Gasteiger charge is 2.24. The summed E-state index contributed by atoms with van der Waals surface area (Å²) in [6.45, 7) is 0. The van der Waals surface area contributed by atoms with Crippen LogP contribution in [0.3, 0.4) is 0 Å². The van der Waals surface area contributed by atoms with Crippen LogP contribution < -0.4 is 9.80 Å². The van der Waals surface area contributed by atoms with Crippen molar-refractivity contribution in [3.05, 3.63) is 218 Å². The average Bonchev–Trinajstić information content (AvgIpc) is 3.87. The predicted molar refractivity (Wildman–Crippen MR) is 247 cm³/mol. The second-order valence-corrected chi connectivity index (χ2v) is 15.6. The minimum absolute atomic E-state index is 0.859. The molecule has 0 amide bonds. The summed E-state index contributed by atoms with van der Waals surface area (Å²) in [5.41, 5.74) is 13.0. The van der Waals surface area contributed by atoms with E-state index in [1.165, 1.54) is 31.3 Å². The number of hydrogen-bond acceptors (Lipinski definition) is 4. The maximum absolute atomic E-state index is 6.54. The van der Waals surface area contributed by atoms with Gasteiger partial charge in [-0.2, -0.15) is 0 Å². The third kappa shape index (κ3) is 5.90. The van der Waals surface area contributed by atoms with Gasteiger partial charge in [-0.3, -0.25) is 0 Å². The Hall–Kier alpha value is -7.40. The molecule has 0 atom stereocenters. The van der Waals surface area contributed by atoms with Crippen LogP contribution in [0.15, 0.2) is 223 Å². The van der Waals surface area contributed by atoms with E-state index in [1.807, 2.05) is 23.5 Å². The molecule has 0 saturated heterocycles. The minimum atomic E-state index is 0.859. The summed E-state index contributed by atoms with van der Waals surface area (Å²) in [4.78, 5) is 4.80. The van der Waals surface area contributed by atoms with Gasteiger partial charge < -0.3 is 14.2 Å². The van der Waals surface area contributed by atoms with Crippen LogP contribution in [0.1, 0.15) is 0 Å². The van der Waals surface area contributed by atoms with E-state index in [1.54, 1.807) is 0 Å². The summed E-state index contributed by atoms with van der Waals surface area (Å²) in [6, 6.07) is 78.1. The molecule has 274 valence electrons. The quantitative estimate of drug-likeness (QED) is 0.154. The Bertz CT molecular complexity index is 3130. The number of nitrogens with zero attached hydrogens (tertiary/aromatic N) is 2. The smallest absolute Gasteiger partial charge is 0.137 e. The first-order chi connectivity index (χ1) is 28.8. The highest BCUT2D eigenvalue weighted by atomic mass is 32.1. The minimum Gasteiger partial charge on any atom is -0.456 e. The van der Waals surface area contributed by atoms with Crippen molar-refractivity contribution in [3.8, 4) is 22.3 Å². The Morgan fingerprint density at radius 1 is 0.328 bits per heavy atom. The van der Waals surface area contributed by atoms with Crippen LogP contribution in [0.2, 0.25) is 0 Å². The summed E-state index contributed by atoms with van der Waals surface area (Å²) < 4.78 is 8.99. The number of thiophene rings is 1. The number of rotatable bonds is 8. The maximum atomic E-state index is 6.54. The first kappa shape index (κ1) is 33.9. The molecule has 0 aliphatic heterocycles. The van der Waals surface area contributed by atoms with Crippen LogP contribution >= 0.6 is 11.3 Å². The van der Waals surface area contributed by atoms with Gasteiger partial charge in [-0.05, 0) is 101 Å². The molecule has 0 N–H and O–H groups in total. The molecular formula is C54H36N2OS. The van der Waals surface area contributed by atoms with Crippen molar-refractivity contribution >= 4 is 87.6 Å². The third-order valence-corrected chi connectivity index (χ3v) is 12.2. The molecule has 0 aliphatic rings. The second kappa shape index (κ2) is 14.3. The molecular weight excluding hydrogens is 725 g/mol. The molecule has 0 bridgehead atoms. The van der Waals surface area contributed by atoms with Crippen molar-refractivity contribution < 1.29 is 4.42 Å². The van der Waals surface area contributed by atoms with Crippen LogP contribution in [0, 0.1) is 0 Å². The average molecular weight is 761 g/mol. The normalized spacial score (nSPS) is 11.4. The maximum Gasteiger partial charge on any atom is 0.137 e. The molecule has 11 rings (SSSR count). The van der Waals surface area contributed by atoms with Gasteiger partial charge in [0.25, 0.3) is 0 Å². The molecule has 58 heavy (non-hydrogen) atoms. The van der Waals surface area contributed by atoms with Crippen molar-refractivity contribution in [2.75, 3.05) is 9.80 Å². The number of anilines is 6. The monoisotopic (exact) mass is 760 g/mol. The molecule has 3 nitrogen and oxygen atoms in total. The summed E-state index contributed by atoms with van der Waals surface area (Å²) in [5, 5.41) is 4.64. The van der Waals surface area contributed by atoms with Gasteiger partial charge in [-0.15, -0.1) is 11.3 Å². The topological polar surface area (TPSA) is 19.6 Å². The van der Waals surface area contributed by atoms with E-state index >= 15 is 0 Å². The Labute approximate surface area is 340 Å². The fourth-order valence-corrected chi connectivity index (χ4v) is 9.60. The molecule has 9 aromatic carbocycles. The lowest BCUT2D eigenvalue weighted by Crippen LogP contribution is -2.11. The molecule has 11 aromatic rings. The first-order valence-corrected chi connectivity index (χ1v) is 20.4. The van der Waals surface area contributed by atoms with Crippen LogP contribution in [0.25, 0.3) is 64.4 Å². The Balaban J connectivity index is 1.19. The van der Waals surface area contributed by atoms with Gasteiger partial charge in [0.2, 0.25) is 0 Å². The SMILES string of the molecule is c1ccc(-c2cc(-c3ccccc3)cc(N(c3ccc4c(c3)oc3ccccc34)c3cccc4sc5c(N(c6ccccc6)c6ccccc6)cccc5c34)c2)cc1. The highest BCUT2D eigenvalue weighted by molar-refractivity contribution is 7.26. The summed E-state index contributed by atoms with van der Waals surface area (Å²) in [5.74, 6) is 0. The largest absolute Gasteiger partial charge is 0.456 e. The zero-order chi connectivity index (χ0) is 38.4. The van der Waals surface area contributed by atoms with Gasteiger partial charge in [0.15, 0.2) is 0 Å². The zero-order valence-corrected chi connectivity index (χ0v) is 32.3. The summed E-state index contributed by atoms with van der Waals surface area (Å²) >= 11 is 1.85. The molecule has 2 heterocycles. The number of furan rings is 1. The van der Waals surface area contributed by atoms with E-state index in [-0.39, 0.29) is 0 Å². The molecule has 0 fully saturated rings. The second-order valence-electron chi connectivity index (χ2n) is 14.5. The Kier molecular flexibility index (Phi) is 8.34. The van der Waals surface area contributed by atoms with Crippen LogP contribution in [-0.2, 0) is 0 Å². The first-order valence-electron chi connectivity index (χ1n) is 19.6. The predicted octanol–water partition coefficient (Wildman–Crippen LogP) is 16.2. The van der Waals surface area contributed by atoms with Gasteiger partial charge in [-0.25, -0.2) is 0 Å². The number of fused-ring (bicyclic) bond motifs is 6. The lowest BCUT2D eigenvalue weighted by Gasteiger charge is -2.28. The van der Waals surface area contributed by atoms with Crippen molar-refractivity contribution in [3.63, 3.8) is 0 Å². The molecule has 0 unspecified atom stereocenters. The zero-order valence-electron chi connectivity index (χ0n) is 31.5. The van der Waals surface area contributed by atoms with E-state index in [4.69, 9.17) is 4.42 Å². The van der Waals surface area contributed by atoms with Gasteiger partial charge in [0.05, 0.1) is 16.1 Å². The lowest BCUT2D eigenvalue weighted by molar-refractivity contribution is 0.669. The van der Waals surface area contributed by atoms with E-state index in [0.717, 1.165) is 67.2 Å². The number of hydrogen-bond donors (Lipinski definition) is 0. The van der Waals surface area contributed by atoms with Gasteiger partial charge in [0.1, 0.15) is 11.2 Å². The standard InChI is InChI=1S/C54H36N2OS/c1-5-17-37(18-6-1)39-33-40(38-19-7-2-8-20-38)35-44(34-39)56(43-31-32-46-45-25-13-14-29-50(45)57-51(46)36-43)48-27-16-30-52-53(48)47-26-15-28-49(54(47)58-52)55(41-21-9-3-10-22-41)42-23-11-4-12-24-42/h1-36H. The van der Waals surface area contributed by atoms with Crippen LogP contribution in [-0.4, -0.2) is 0 Å². The Morgan fingerprint density at radius 2 is 0.862 bits per heavy atom. The molecule has 0 saturated carbocycles. The van der Waals surface area contributed by atoms with Crippen LogP contribution in [0.5, 0.6) is 0 Å². The summed E-state index contributed by atoms with van der Waals surface area (Å²) in [7, 11) is 0. The molecule has 4 heteroatoms. The van der Waals surface area contributed by atoms with E-state index in [9.17, 15) is 0 Å². The van der Waals surface area contributed by atoms with Crippen molar-refractivity contribution in [1.29, 1.82) is 0 Å². The van der Waals surface area contributed by atoms with E-state index in [0.29, 0.717) is 0 Å². The van der Waals surface area contributed by atoms with E-state index in [2.05, 4.69) is 216 Å². The molecule has 0 aliphatic carbocycles. The molecule has 2 aromatic heterocycles. The molecule has 0 spiro atoms. The fourth-order valence-electron chi connectivity index (χ4n) is 8.37. The van der Waals surface area contributed by atoms with Crippen LogP contribution in [0.4, 0.5) is 34.1 Å². The van der Waals surface area contributed by atoms with Gasteiger partial charge in [0, 0.05) is 55.1 Å². The van der Waals surface area contributed by atoms with Crippen molar-refractivity contribution in [1.82, 2.24) is 0 Å². The van der Waals surface area contributed by atoms with Crippen molar-refractivity contribution in [2.45, 2.75) is 0 Å². The van der Waals surface area contributed by atoms with Gasteiger partial charge >= 0.3 is 0 Å². The summed E-state index contributed by atoms with van der Waals surface area (Å²) in [6.07, 6.45) is 0.